The molecule has 1 amide bonds. The first-order valence-electron chi connectivity index (χ1n) is 6.38. The number of nitrogens with one attached hydrogen (secondary N) is 1. The largest absolute Gasteiger partial charge is 0.387 e. The summed E-state index contributed by atoms with van der Waals surface area (Å²) < 4.78 is 0. The molecule has 4 heteroatoms. The summed E-state index contributed by atoms with van der Waals surface area (Å²) in [5.41, 5.74) is 1.48. The van der Waals surface area contributed by atoms with Crippen molar-refractivity contribution in [1.29, 1.82) is 0 Å². The second kappa shape index (κ2) is 5.61. The van der Waals surface area contributed by atoms with Crippen molar-refractivity contribution >= 4 is 23.2 Å². The highest BCUT2D eigenvalue weighted by atomic mass is 35.5. The van der Waals surface area contributed by atoms with Gasteiger partial charge in [0.2, 0.25) is 0 Å². The Morgan fingerprint density at radius 3 is 2.67 bits per heavy atom. The molecule has 1 saturated carbocycles. The number of hydrogen-bond acceptors (Lipinski definition) is 2. The molecule has 0 spiro atoms. The first-order valence-corrected chi connectivity index (χ1v) is 6.75. The van der Waals surface area contributed by atoms with Crippen LogP contribution in [0.4, 0.5) is 5.69 Å². The van der Waals surface area contributed by atoms with Crippen molar-refractivity contribution in [3.63, 3.8) is 0 Å². The fourth-order valence-electron chi connectivity index (χ4n) is 2.56. The first kappa shape index (κ1) is 13.2. The third kappa shape index (κ3) is 2.61. The van der Waals surface area contributed by atoms with Crippen LogP contribution in [0.5, 0.6) is 0 Å². The minimum atomic E-state index is 0.0498. The molecule has 0 heterocycles. The van der Waals surface area contributed by atoms with Crippen molar-refractivity contribution in [3.05, 3.63) is 28.8 Å². The normalized spacial score (nSPS) is 15.7. The van der Waals surface area contributed by atoms with E-state index in [0.29, 0.717) is 16.6 Å². The summed E-state index contributed by atoms with van der Waals surface area (Å²) in [6.45, 7) is 0. The van der Waals surface area contributed by atoms with E-state index in [0.717, 1.165) is 18.5 Å². The summed E-state index contributed by atoms with van der Waals surface area (Å²) in [4.78, 5) is 14.4. The molecule has 0 bridgehead atoms. The Kier molecular flexibility index (Phi) is 4.12. The molecule has 1 aliphatic carbocycles. The summed E-state index contributed by atoms with van der Waals surface area (Å²) >= 11 is 5.98. The standard InChI is InChI=1S/C14H19ClN2O/c1-16-13-8-7-10(15)9-12(13)14(18)17(2)11-5-3-4-6-11/h7-9,11,16H,3-6H2,1-2H3. The zero-order valence-corrected chi connectivity index (χ0v) is 11.6. The quantitative estimate of drug-likeness (QED) is 0.909. The molecule has 1 fully saturated rings. The number of carbonyl (C=O) groups is 1. The molecule has 18 heavy (non-hydrogen) atoms. The molecule has 2 rings (SSSR count). The lowest BCUT2D eigenvalue weighted by molar-refractivity contribution is 0.0736. The van der Waals surface area contributed by atoms with E-state index in [1.165, 1.54) is 12.8 Å². The average Bonchev–Trinajstić information content (AvgIpc) is 2.90. The maximum Gasteiger partial charge on any atom is 0.255 e. The van der Waals surface area contributed by atoms with Crippen LogP contribution in [0.1, 0.15) is 36.0 Å². The highest BCUT2D eigenvalue weighted by Gasteiger charge is 2.25. The van der Waals surface area contributed by atoms with Crippen molar-refractivity contribution in [2.45, 2.75) is 31.7 Å². The molecule has 0 atom stereocenters. The first-order chi connectivity index (χ1) is 8.63. The molecule has 0 radical (unpaired) electrons. The molecule has 1 N–H and O–H groups in total. The van der Waals surface area contributed by atoms with E-state index in [9.17, 15) is 4.79 Å². The van der Waals surface area contributed by atoms with Gasteiger partial charge in [0.05, 0.1) is 5.56 Å². The van der Waals surface area contributed by atoms with Crippen LogP contribution in [0.2, 0.25) is 5.02 Å². The predicted molar refractivity (Wildman–Crippen MR) is 75.3 cm³/mol. The molecule has 3 nitrogen and oxygen atoms in total. The number of rotatable bonds is 3. The third-order valence-corrected chi connectivity index (χ3v) is 3.91. The van der Waals surface area contributed by atoms with Gasteiger partial charge in [-0.15, -0.1) is 0 Å². The van der Waals surface area contributed by atoms with Crippen molar-refractivity contribution < 1.29 is 4.79 Å². The zero-order chi connectivity index (χ0) is 13.1. The summed E-state index contributed by atoms with van der Waals surface area (Å²) in [7, 11) is 3.70. The van der Waals surface area contributed by atoms with Gasteiger partial charge in [-0.3, -0.25) is 4.79 Å². The molecule has 0 unspecified atom stereocenters. The lowest BCUT2D eigenvalue weighted by Crippen LogP contribution is -2.35. The van der Waals surface area contributed by atoms with Crippen molar-refractivity contribution in [3.8, 4) is 0 Å². The van der Waals surface area contributed by atoms with Crippen LogP contribution in [0.3, 0.4) is 0 Å². The fourth-order valence-corrected chi connectivity index (χ4v) is 2.73. The Balaban J connectivity index is 2.24. The Morgan fingerprint density at radius 2 is 2.06 bits per heavy atom. The molecular weight excluding hydrogens is 248 g/mol. The van der Waals surface area contributed by atoms with Gasteiger partial charge in [-0.05, 0) is 31.0 Å². The minimum Gasteiger partial charge on any atom is -0.387 e. The van der Waals surface area contributed by atoms with Gasteiger partial charge in [0, 0.05) is 30.8 Å². The van der Waals surface area contributed by atoms with Gasteiger partial charge in [-0.1, -0.05) is 24.4 Å². The average molecular weight is 267 g/mol. The Bertz CT molecular complexity index is 441. The van der Waals surface area contributed by atoms with E-state index >= 15 is 0 Å². The monoisotopic (exact) mass is 266 g/mol. The number of carbonyl (C=O) groups excluding carboxylic acids is 1. The number of nitrogens with zero attached hydrogens (tertiary/aromatic N) is 1. The highest BCUT2D eigenvalue weighted by molar-refractivity contribution is 6.31. The van der Waals surface area contributed by atoms with Crippen LogP contribution in [0, 0.1) is 0 Å². The molecule has 1 aliphatic rings. The molecule has 1 aromatic carbocycles. The minimum absolute atomic E-state index is 0.0498. The van der Waals surface area contributed by atoms with Crippen LogP contribution in [-0.2, 0) is 0 Å². The van der Waals surface area contributed by atoms with Crippen molar-refractivity contribution in [2.24, 2.45) is 0 Å². The second-order valence-electron chi connectivity index (χ2n) is 4.79. The second-order valence-corrected chi connectivity index (χ2v) is 5.23. The molecular formula is C14H19ClN2O. The lowest BCUT2D eigenvalue weighted by Gasteiger charge is -2.25. The molecule has 0 aliphatic heterocycles. The number of amides is 1. The van der Waals surface area contributed by atoms with Gasteiger partial charge in [-0.2, -0.15) is 0 Å². The Hall–Kier alpha value is -1.22. The van der Waals surface area contributed by atoms with Gasteiger partial charge in [-0.25, -0.2) is 0 Å². The Morgan fingerprint density at radius 1 is 1.39 bits per heavy atom. The van der Waals surface area contributed by atoms with Gasteiger partial charge in [0.1, 0.15) is 0 Å². The zero-order valence-electron chi connectivity index (χ0n) is 10.9. The fraction of sp³-hybridized carbons (Fsp3) is 0.500. The smallest absolute Gasteiger partial charge is 0.255 e. The number of anilines is 1. The summed E-state index contributed by atoms with van der Waals surface area (Å²) in [5.74, 6) is 0.0498. The van der Waals surface area contributed by atoms with E-state index in [-0.39, 0.29) is 5.91 Å². The van der Waals surface area contributed by atoms with Gasteiger partial charge in [0.25, 0.3) is 5.91 Å². The molecule has 0 saturated heterocycles. The van der Waals surface area contributed by atoms with E-state index < -0.39 is 0 Å². The SMILES string of the molecule is CNc1ccc(Cl)cc1C(=O)N(C)C1CCCC1. The van der Waals surface area contributed by atoms with Crippen molar-refractivity contribution in [2.75, 3.05) is 19.4 Å². The maximum atomic E-state index is 12.5. The van der Waals surface area contributed by atoms with Crippen molar-refractivity contribution in [1.82, 2.24) is 4.90 Å². The van der Waals surface area contributed by atoms with Gasteiger partial charge >= 0.3 is 0 Å². The molecule has 98 valence electrons. The van der Waals surface area contributed by atoms with E-state index in [1.807, 2.05) is 25.1 Å². The number of benzene rings is 1. The van der Waals surface area contributed by atoms with Gasteiger partial charge < -0.3 is 10.2 Å². The molecule has 0 aromatic heterocycles. The van der Waals surface area contributed by atoms with Crippen LogP contribution in [-0.4, -0.2) is 30.9 Å². The summed E-state index contributed by atoms with van der Waals surface area (Å²) in [6.07, 6.45) is 4.66. The van der Waals surface area contributed by atoms with E-state index in [1.54, 1.807) is 12.1 Å². The van der Waals surface area contributed by atoms with Crippen LogP contribution < -0.4 is 5.32 Å². The predicted octanol–water partition coefficient (Wildman–Crippen LogP) is 3.40. The van der Waals surface area contributed by atoms with Crippen LogP contribution in [0.15, 0.2) is 18.2 Å². The summed E-state index contributed by atoms with van der Waals surface area (Å²) in [5, 5.41) is 3.64. The topological polar surface area (TPSA) is 32.3 Å². The number of hydrogen-bond donors (Lipinski definition) is 1. The van der Waals surface area contributed by atoms with E-state index in [4.69, 9.17) is 11.6 Å². The van der Waals surface area contributed by atoms with Crippen LogP contribution >= 0.6 is 11.6 Å². The highest BCUT2D eigenvalue weighted by Crippen LogP contribution is 2.26. The van der Waals surface area contributed by atoms with Gasteiger partial charge in [0.15, 0.2) is 0 Å². The molecule has 1 aromatic rings. The lowest BCUT2D eigenvalue weighted by atomic mass is 10.1. The summed E-state index contributed by atoms with van der Waals surface area (Å²) in [6, 6.07) is 5.75. The van der Waals surface area contributed by atoms with Crippen LogP contribution in [0.25, 0.3) is 0 Å². The Labute approximate surface area is 113 Å². The maximum absolute atomic E-state index is 12.5. The third-order valence-electron chi connectivity index (χ3n) is 3.67. The van der Waals surface area contributed by atoms with E-state index in [2.05, 4.69) is 5.32 Å². The number of halogens is 1.